The van der Waals surface area contributed by atoms with Gasteiger partial charge in [0.2, 0.25) is 0 Å². The molecule has 0 bridgehead atoms. The van der Waals surface area contributed by atoms with E-state index in [4.69, 9.17) is 14.9 Å². The number of hydrogen-bond donors (Lipinski definition) is 2. The monoisotopic (exact) mass is 261 g/mol. The first-order chi connectivity index (χ1) is 7.90. The van der Waals surface area contributed by atoms with Crippen molar-refractivity contribution in [3.8, 4) is 0 Å². The van der Waals surface area contributed by atoms with Crippen LogP contribution >= 0.6 is 0 Å². The molecule has 0 aliphatic carbocycles. The Balaban J connectivity index is 5.25. The van der Waals surface area contributed by atoms with Gasteiger partial charge in [0, 0.05) is 5.54 Å². The van der Waals surface area contributed by atoms with Crippen molar-refractivity contribution in [3.05, 3.63) is 0 Å². The van der Waals surface area contributed by atoms with E-state index < -0.39 is 35.9 Å². The van der Waals surface area contributed by atoms with Gasteiger partial charge in [0.25, 0.3) is 0 Å². The molecule has 6 nitrogen and oxygen atoms in total. The van der Waals surface area contributed by atoms with E-state index in [1.807, 2.05) is 0 Å². The fourth-order valence-corrected chi connectivity index (χ4v) is 1.45. The highest BCUT2D eigenvalue weighted by Crippen LogP contribution is 2.21. The summed E-state index contributed by atoms with van der Waals surface area (Å²) < 4.78 is 5.17. The lowest BCUT2D eigenvalue weighted by Crippen LogP contribution is -2.57. The second-order valence-electron chi connectivity index (χ2n) is 6.06. The molecule has 0 aliphatic heterocycles. The van der Waals surface area contributed by atoms with Crippen LogP contribution in [-0.4, -0.2) is 51.0 Å². The van der Waals surface area contributed by atoms with Crippen LogP contribution in [0, 0.1) is 0 Å². The highest BCUT2D eigenvalue weighted by atomic mass is 16.6. The van der Waals surface area contributed by atoms with E-state index >= 15 is 0 Å². The molecule has 1 amide bonds. The lowest BCUT2D eigenvalue weighted by Gasteiger charge is -2.39. The van der Waals surface area contributed by atoms with Crippen molar-refractivity contribution in [1.29, 1.82) is 0 Å². The molecule has 0 aliphatic rings. The Morgan fingerprint density at radius 2 is 1.61 bits per heavy atom. The molecule has 0 aromatic carbocycles. The molecule has 0 spiro atoms. The normalized spacial score (nSPS) is 13.9. The smallest absolute Gasteiger partial charge is 0.411 e. The third-order valence-electron chi connectivity index (χ3n) is 2.08. The second-order valence-corrected chi connectivity index (χ2v) is 6.06. The summed E-state index contributed by atoms with van der Waals surface area (Å²) in [4.78, 5) is 24.2. The Kier molecular flexibility index (Phi) is 5.16. The zero-order chi connectivity index (χ0) is 14.7. The van der Waals surface area contributed by atoms with Crippen molar-refractivity contribution in [1.82, 2.24) is 4.90 Å². The summed E-state index contributed by atoms with van der Waals surface area (Å²) in [6, 6.07) is -1.32. The molecule has 0 heterocycles. The van der Waals surface area contributed by atoms with Crippen molar-refractivity contribution < 1.29 is 24.5 Å². The molecule has 2 N–H and O–H groups in total. The minimum absolute atomic E-state index is 0.661. The van der Waals surface area contributed by atoms with Crippen LogP contribution in [0.15, 0.2) is 0 Å². The number of carboxylic acid groups (broad SMARTS) is 1. The number of amides is 1. The SMILES string of the molecule is CC(C)(C)OC(=O)N([C@H](CO)C(=O)O)C(C)(C)C. The number of rotatable bonds is 3. The zero-order valence-corrected chi connectivity index (χ0v) is 11.9. The molecule has 106 valence electrons. The van der Waals surface area contributed by atoms with Gasteiger partial charge in [0.1, 0.15) is 5.60 Å². The van der Waals surface area contributed by atoms with Crippen molar-refractivity contribution in [2.24, 2.45) is 0 Å². The van der Waals surface area contributed by atoms with Crippen LogP contribution in [0.25, 0.3) is 0 Å². The molecule has 0 saturated heterocycles. The highest BCUT2D eigenvalue weighted by Gasteiger charge is 2.39. The number of aliphatic hydroxyl groups is 1. The van der Waals surface area contributed by atoms with Gasteiger partial charge in [0.15, 0.2) is 6.04 Å². The number of carbonyl (C=O) groups excluding carboxylic acids is 1. The molecule has 6 heteroatoms. The van der Waals surface area contributed by atoms with Crippen LogP contribution in [0.5, 0.6) is 0 Å². The van der Waals surface area contributed by atoms with Crippen LogP contribution in [0.1, 0.15) is 41.5 Å². The summed E-state index contributed by atoms with van der Waals surface area (Å²) in [6.45, 7) is 9.47. The van der Waals surface area contributed by atoms with Gasteiger partial charge in [-0.1, -0.05) is 0 Å². The Bertz CT molecular complexity index is 313. The number of ether oxygens (including phenoxy) is 1. The molecule has 18 heavy (non-hydrogen) atoms. The minimum Gasteiger partial charge on any atom is -0.480 e. The predicted octanol–water partition coefficient (Wildman–Crippen LogP) is 1.47. The fourth-order valence-electron chi connectivity index (χ4n) is 1.45. The van der Waals surface area contributed by atoms with Crippen molar-refractivity contribution in [3.63, 3.8) is 0 Å². The maximum absolute atomic E-state index is 12.0. The highest BCUT2D eigenvalue weighted by molar-refractivity contribution is 5.80. The summed E-state index contributed by atoms with van der Waals surface area (Å²) in [5.74, 6) is -1.27. The summed E-state index contributed by atoms with van der Waals surface area (Å²) in [7, 11) is 0. The fraction of sp³-hybridized carbons (Fsp3) is 0.833. The van der Waals surface area contributed by atoms with E-state index in [1.165, 1.54) is 0 Å². The van der Waals surface area contributed by atoms with Gasteiger partial charge in [0.05, 0.1) is 6.61 Å². The molecular formula is C12H23NO5. The molecule has 0 fully saturated rings. The second kappa shape index (κ2) is 5.56. The van der Waals surface area contributed by atoms with E-state index in [0.29, 0.717) is 0 Å². The summed E-state index contributed by atoms with van der Waals surface area (Å²) in [5.41, 5.74) is -1.49. The number of aliphatic carboxylic acids is 1. The van der Waals surface area contributed by atoms with E-state index in [9.17, 15) is 9.59 Å². The minimum atomic E-state index is -1.32. The quantitative estimate of drug-likeness (QED) is 0.803. The van der Waals surface area contributed by atoms with Gasteiger partial charge in [-0.2, -0.15) is 0 Å². The predicted molar refractivity (Wildman–Crippen MR) is 66.3 cm³/mol. The van der Waals surface area contributed by atoms with Crippen LogP contribution in [0.3, 0.4) is 0 Å². The van der Waals surface area contributed by atoms with Crippen LogP contribution < -0.4 is 0 Å². The Hall–Kier alpha value is -1.30. The first-order valence-corrected chi connectivity index (χ1v) is 5.76. The maximum Gasteiger partial charge on any atom is 0.411 e. The van der Waals surface area contributed by atoms with Crippen molar-refractivity contribution >= 4 is 12.1 Å². The largest absolute Gasteiger partial charge is 0.480 e. The first-order valence-electron chi connectivity index (χ1n) is 5.76. The molecule has 0 radical (unpaired) electrons. The lowest BCUT2D eigenvalue weighted by molar-refractivity contribution is -0.147. The first kappa shape index (κ1) is 16.7. The third kappa shape index (κ3) is 4.91. The van der Waals surface area contributed by atoms with Crippen molar-refractivity contribution in [2.45, 2.75) is 58.7 Å². The van der Waals surface area contributed by atoms with Gasteiger partial charge in [-0.05, 0) is 41.5 Å². The van der Waals surface area contributed by atoms with E-state index in [2.05, 4.69) is 0 Å². The van der Waals surface area contributed by atoms with Gasteiger partial charge in [-0.15, -0.1) is 0 Å². The van der Waals surface area contributed by atoms with Gasteiger partial charge < -0.3 is 14.9 Å². The molecular weight excluding hydrogens is 238 g/mol. The molecule has 0 saturated carbocycles. The average Bonchev–Trinajstić information content (AvgIpc) is 2.07. The number of aliphatic hydroxyl groups excluding tert-OH is 1. The topological polar surface area (TPSA) is 87.1 Å². The van der Waals surface area contributed by atoms with E-state index in [-0.39, 0.29) is 0 Å². The maximum atomic E-state index is 12.0. The molecule has 0 unspecified atom stereocenters. The lowest BCUT2D eigenvalue weighted by atomic mass is 10.0. The summed E-state index contributed by atoms with van der Waals surface area (Å²) >= 11 is 0. The van der Waals surface area contributed by atoms with Gasteiger partial charge >= 0.3 is 12.1 Å². The standard InChI is InChI=1S/C12H23NO5/c1-11(2,3)13(8(7-14)9(15)16)10(17)18-12(4,5)6/h8,14H,7H2,1-6H3,(H,15,16)/t8-/m1/s1. The van der Waals surface area contributed by atoms with Gasteiger partial charge in [-0.3, -0.25) is 4.90 Å². The average molecular weight is 261 g/mol. The Morgan fingerprint density at radius 1 is 1.17 bits per heavy atom. The number of carbonyl (C=O) groups is 2. The van der Waals surface area contributed by atoms with Crippen LogP contribution in [-0.2, 0) is 9.53 Å². The summed E-state index contributed by atoms with van der Waals surface area (Å²) in [5, 5.41) is 18.2. The molecule has 0 aromatic rings. The third-order valence-corrected chi connectivity index (χ3v) is 2.08. The molecule has 0 rings (SSSR count). The molecule has 1 atom stereocenters. The summed E-state index contributed by atoms with van der Waals surface area (Å²) in [6.07, 6.45) is -0.753. The number of carboxylic acids is 1. The van der Waals surface area contributed by atoms with E-state index in [0.717, 1.165) is 4.90 Å². The zero-order valence-electron chi connectivity index (χ0n) is 11.9. The molecule has 0 aromatic heterocycles. The Morgan fingerprint density at radius 3 is 1.83 bits per heavy atom. The Labute approximate surface area is 108 Å². The van der Waals surface area contributed by atoms with Crippen molar-refractivity contribution in [2.75, 3.05) is 6.61 Å². The number of nitrogens with zero attached hydrogens (tertiary/aromatic N) is 1. The number of hydrogen-bond acceptors (Lipinski definition) is 4. The van der Waals surface area contributed by atoms with Crippen LogP contribution in [0.4, 0.5) is 4.79 Å². The van der Waals surface area contributed by atoms with Crippen LogP contribution in [0.2, 0.25) is 0 Å². The van der Waals surface area contributed by atoms with E-state index in [1.54, 1.807) is 41.5 Å². The van der Waals surface area contributed by atoms with Gasteiger partial charge in [-0.25, -0.2) is 9.59 Å².